The number of ether oxygens (including phenoxy) is 1. The molecule has 2 fully saturated rings. The molecule has 0 saturated carbocycles. The van der Waals surface area contributed by atoms with Crippen LogP contribution in [0.5, 0.6) is 0 Å². The Morgan fingerprint density at radius 1 is 1.30 bits per heavy atom. The second-order valence-corrected chi connectivity index (χ2v) is 6.24. The van der Waals surface area contributed by atoms with Gasteiger partial charge in [-0.15, -0.1) is 11.3 Å². The van der Waals surface area contributed by atoms with Crippen LogP contribution in [0.3, 0.4) is 0 Å². The fourth-order valence-corrected chi connectivity index (χ4v) is 3.43. The minimum Gasteiger partial charge on any atom is -0.381 e. The molecule has 6 nitrogen and oxygen atoms in total. The van der Waals surface area contributed by atoms with Gasteiger partial charge in [-0.25, -0.2) is 4.98 Å². The van der Waals surface area contributed by atoms with Crippen molar-refractivity contribution in [3.8, 4) is 0 Å². The van der Waals surface area contributed by atoms with Gasteiger partial charge in [-0.2, -0.15) is 0 Å². The van der Waals surface area contributed by atoms with Crippen LogP contribution in [-0.4, -0.2) is 60.7 Å². The lowest BCUT2D eigenvalue weighted by Gasteiger charge is -2.40. The third-order valence-electron chi connectivity index (χ3n) is 4.07. The van der Waals surface area contributed by atoms with Crippen LogP contribution in [0.25, 0.3) is 0 Å². The van der Waals surface area contributed by atoms with Gasteiger partial charge in [-0.1, -0.05) is 0 Å². The number of anilines is 1. The summed E-state index contributed by atoms with van der Waals surface area (Å²) in [5.74, 6) is 0.0830. The molecule has 20 heavy (non-hydrogen) atoms. The molecule has 0 radical (unpaired) electrons. The number of carbonyl (C=O) groups is 1. The summed E-state index contributed by atoms with van der Waals surface area (Å²) in [5, 5.41) is 3.01. The number of nitrogens with zero attached hydrogens (tertiary/aromatic N) is 3. The highest BCUT2D eigenvalue weighted by atomic mass is 32.1. The minimum atomic E-state index is -0.721. The Balaban J connectivity index is 1.59. The summed E-state index contributed by atoms with van der Waals surface area (Å²) in [6, 6.07) is 0. The molecular weight excluding hydrogens is 276 g/mol. The summed E-state index contributed by atoms with van der Waals surface area (Å²) in [5.41, 5.74) is 5.55. The minimum absolute atomic E-state index is 0.0830. The number of hydrogen-bond acceptors (Lipinski definition) is 6. The molecule has 1 aromatic rings. The lowest BCUT2D eigenvalue weighted by Crippen LogP contribution is -2.61. The van der Waals surface area contributed by atoms with Crippen molar-refractivity contribution >= 4 is 22.4 Å². The first-order valence-corrected chi connectivity index (χ1v) is 7.87. The standard InChI is InChI=1S/C13H20N4O2S/c14-13(1-8-19-9-2-13)11(18)16-4-6-17(7-5-16)12-15-3-10-20-12/h3,10H,1-2,4-9,14H2. The molecular formula is C13H20N4O2S. The van der Waals surface area contributed by atoms with Crippen molar-refractivity contribution < 1.29 is 9.53 Å². The van der Waals surface area contributed by atoms with E-state index in [9.17, 15) is 4.79 Å². The highest BCUT2D eigenvalue weighted by Gasteiger charge is 2.39. The first kappa shape index (κ1) is 13.8. The largest absolute Gasteiger partial charge is 0.381 e. The van der Waals surface area contributed by atoms with Crippen molar-refractivity contribution in [1.29, 1.82) is 0 Å². The number of amides is 1. The number of rotatable bonds is 2. The van der Waals surface area contributed by atoms with Gasteiger partial charge >= 0.3 is 0 Å². The molecule has 0 unspecified atom stereocenters. The van der Waals surface area contributed by atoms with Crippen LogP contribution < -0.4 is 10.6 Å². The lowest BCUT2D eigenvalue weighted by atomic mass is 9.89. The smallest absolute Gasteiger partial charge is 0.242 e. The number of thiazole rings is 1. The molecule has 0 aromatic carbocycles. The van der Waals surface area contributed by atoms with E-state index in [4.69, 9.17) is 10.5 Å². The summed E-state index contributed by atoms with van der Waals surface area (Å²) in [7, 11) is 0. The van der Waals surface area contributed by atoms with Gasteiger partial charge in [0.25, 0.3) is 0 Å². The van der Waals surface area contributed by atoms with E-state index >= 15 is 0 Å². The Kier molecular flexibility index (Phi) is 3.91. The summed E-state index contributed by atoms with van der Waals surface area (Å²) in [4.78, 5) is 21.0. The summed E-state index contributed by atoms with van der Waals surface area (Å²) in [6.45, 7) is 4.26. The van der Waals surface area contributed by atoms with Gasteiger partial charge in [0.1, 0.15) is 0 Å². The van der Waals surface area contributed by atoms with Crippen LogP contribution in [0.4, 0.5) is 5.13 Å². The van der Waals surface area contributed by atoms with E-state index in [0.29, 0.717) is 26.1 Å². The average molecular weight is 296 g/mol. The van der Waals surface area contributed by atoms with Crippen LogP contribution in [0.2, 0.25) is 0 Å². The predicted octanol–water partition coefficient (Wildman–Crippen LogP) is 0.300. The zero-order valence-electron chi connectivity index (χ0n) is 11.5. The SMILES string of the molecule is NC1(C(=O)N2CCN(c3nccs3)CC2)CCOCC1. The second-order valence-electron chi connectivity index (χ2n) is 5.36. The van der Waals surface area contributed by atoms with E-state index in [-0.39, 0.29) is 5.91 Å². The van der Waals surface area contributed by atoms with E-state index in [1.54, 1.807) is 11.3 Å². The van der Waals surface area contributed by atoms with Crippen molar-refractivity contribution in [1.82, 2.24) is 9.88 Å². The van der Waals surface area contributed by atoms with Crippen LogP contribution in [0.15, 0.2) is 11.6 Å². The molecule has 0 bridgehead atoms. The highest BCUT2D eigenvalue weighted by molar-refractivity contribution is 7.13. The van der Waals surface area contributed by atoms with Crippen LogP contribution in [0.1, 0.15) is 12.8 Å². The van der Waals surface area contributed by atoms with Crippen LogP contribution in [0, 0.1) is 0 Å². The van der Waals surface area contributed by atoms with Gasteiger partial charge in [0, 0.05) is 51.0 Å². The molecule has 3 heterocycles. The number of aromatic nitrogens is 1. The Hall–Kier alpha value is -1.18. The Labute approximate surface area is 122 Å². The van der Waals surface area contributed by atoms with Crippen molar-refractivity contribution in [2.24, 2.45) is 5.73 Å². The van der Waals surface area contributed by atoms with E-state index in [1.165, 1.54) is 0 Å². The molecule has 2 aliphatic rings. The van der Waals surface area contributed by atoms with Gasteiger partial charge in [-0.3, -0.25) is 4.79 Å². The Morgan fingerprint density at radius 3 is 2.60 bits per heavy atom. The van der Waals surface area contributed by atoms with Gasteiger partial charge in [0.05, 0.1) is 5.54 Å². The number of carbonyl (C=O) groups excluding carboxylic acids is 1. The predicted molar refractivity (Wildman–Crippen MR) is 77.9 cm³/mol. The molecule has 1 amide bonds. The number of nitrogens with two attached hydrogens (primary N) is 1. The van der Waals surface area contributed by atoms with Crippen molar-refractivity contribution in [3.05, 3.63) is 11.6 Å². The first-order valence-electron chi connectivity index (χ1n) is 6.99. The molecule has 0 aliphatic carbocycles. The van der Waals surface area contributed by atoms with E-state index < -0.39 is 5.54 Å². The van der Waals surface area contributed by atoms with Gasteiger partial charge < -0.3 is 20.3 Å². The topological polar surface area (TPSA) is 71.7 Å². The lowest BCUT2D eigenvalue weighted by molar-refractivity contribution is -0.140. The summed E-state index contributed by atoms with van der Waals surface area (Å²) < 4.78 is 5.30. The van der Waals surface area contributed by atoms with Gasteiger partial charge in [-0.05, 0) is 12.8 Å². The van der Waals surface area contributed by atoms with E-state index in [2.05, 4.69) is 9.88 Å². The molecule has 7 heteroatoms. The molecule has 0 spiro atoms. The average Bonchev–Trinajstić information content (AvgIpc) is 3.02. The van der Waals surface area contributed by atoms with Crippen molar-refractivity contribution in [2.75, 3.05) is 44.3 Å². The van der Waals surface area contributed by atoms with Crippen LogP contribution in [-0.2, 0) is 9.53 Å². The van der Waals surface area contributed by atoms with Crippen molar-refractivity contribution in [3.63, 3.8) is 0 Å². The van der Waals surface area contributed by atoms with Gasteiger partial charge in [0.15, 0.2) is 5.13 Å². The zero-order valence-corrected chi connectivity index (χ0v) is 12.3. The Bertz CT molecular complexity index is 451. The molecule has 110 valence electrons. The Morgan fingerprint density at radius 2 is 2.00 bits per heavy atom. The highest BCUT2D eigenvalue weighted by Crippen LogP contribution is 2.23. The van der Waals surface area contributed by atoms with E-state index in [0.717, 1.165) is 31.3 Å². The maximum absolute atomic E-state index is 12.6. The van der Waals surface area contributed by atoms with E-state index in [1.807, 2.05) is 16.5 Å². The van der Waals surface area contributed by atoms with Crippen LogP contribution >= 0.6 is 11.3 Å². The third-order valence-corrected chi connectivity index (χ3v) is 4.90. The first-order chi connectivity index (χ1) is 9.69. The summed E-state index contributed by atoms with van der Waals surface area (Å²) >= 11 is 1.64. The monoisotopic (exact) mass is 296 g/mol. The summed E-state index contributed by atoms with van der Waals surface area (Å²) in [6.07, 6.45) is 3.06. The molecule has 2 N–H and O–H groups in total. The molecule has 3 rings (SSSR count). The van der Waals surface area contributed by atoms with Crippen molar-refractivity contribution in [2.45, 2.75) is 18.4 Å². The molecule has 0 atom stereocenters. The molecule has 2 saturated heterocycles. The third kappa shape index (κ3) is 2.65. The van der Waals surface area contributed by atoms with Gasteiger partial charge in [0.2, 0.25) is 5.91 Å². The second kappa shape index (κ2) is 5.67. The fraction of sp³-hybridized carbons (Fsp3) is 0.692. The quantitative estimate of drug-likeness (QED) is 0.850. The maximum atomic E-state index is 12.6. The molecule has 1 aromatic heterocycles. The number of hydrogen-bond donors (Lipinski definition) is 1. The fourth-order valence-electron chi connectivity index (χ4n) is 2.74. The zero-order chi connectivity index (χ0) is 14.0. The maximum Gasteiger partial charge on any atom is 0.242 e. The normalized spacial score (nSPS) is 22.9. The molecule has 2 aliphatic heterocycles. The number of piperazine rings is 1.